The van der Waals surface area contributed by atoms with Crippen LogP contribution in [0.25, 0.3) is 12.2 Å². The first-order valence-corrected chi connectivity index (χ1v) is 6.97. The van der Waals surface area contributed by atoms with Crippen LogP contribution in [0.4, 0.5) is 0 Å². The van der Waals surface area contributed by atoms with Crippen LogP contribution >= 0.6 is 0 Å². The van der Waals surface area contributed by atoms with E-state index < -0.39 is 0 Å². The van der Waals surface area contributed by atoms with Crippen molar-refractivity contribution in [3.63, 3.8) is 0 Å². The third-order valence-corrected chi connectivity index (χ3v) is 3.29. The van der Waals surface area contributed by atoms with Gasteiger partial charge >= 0.3 is 0 Å². The average molecular weight is 294 g/mol. The first-order chi connectivity index (χ1) is 10.5. The lowest BCUT2D eigenvalue weighted by molar-refractivity contribution is -0.110. The highest BCUT2D eigenvalue weighted by Gasteiger charge is 2.02. The number of benzene rings is 1. The van der Waals surface area contributed by atoms with Crippen LogP contribution in [0.3, 0.4) is 0 Å². The van der Waals surface area contributed by atoms with Crippen molar-refractivity contribution < 1.29 is 9.90 Å². The Bertz CT molecular complexity index is 762. The topological polar surface area (TPSA) is 63.1 Å². The molecule has 0 atom stereocenters. The average Bonchev–Trinajstić information content (AvgIpc) is 2.49. The van der Waals surface area contributed by atoms with Crippen molar-refractivity contribution in [2.45, 2.75) is 20.8 Å². The third kappa shape index (κ3) is 3.88. The lowest BCUT2D eigenvalue weighted by Gasteiger charge is -2.03. The first-order valence-electron chi connectivity index (χ1n) is 6.97. The molecule has 0 fully saturated rings. The van der Waals surface area contributed by atoms with Gasteiger partial charge in [0.05, 0.1) is 22.8 Å². The summed E-state index contributed by atoms with van der Waals surface area (Å²) in [5, 5.41) is 9.63. The number of ketones is 1. The van der Waals surface area contributed by atoms with E-state index in [0.29, 0.717) is 11.3 Å². The molecule has 0 unspecified atom stereocenters. The molecule has 0 radical (unpaired) electrons. The van der Waals surface area contributed by atoms with Crippen LogP contribution in [0.2, 0.25) is 0 Å². The quantitative estimate of drug-likeness (QED) is 0.878. The fraction of sp³-hybridized carbons (Fsp3) is 0.167. The third-order valence-electron chi connectivity index (χ3n) is 3.29. The van der Waals surface area contributed by atoms with Crippen LogP contribution in [0.1, 0.15) is 28.3 Å². The van der Waals surface area contributed by atoms with Crippen LogP contribution in [0.15, 0.2) is 36.4 Å². The Labute approximate surface area is 129 Å². The number of hydrogen-bond donors (Lipinski definition) is 1. The summed E-state index contributed by atoms with van der Waals surface area (Å²) in [6.07, 6.45) is 6.10. The number of aryl methyl sites for hydroxylation is 3. The van der Waals surface area contributed by atoms with Gasteiger partial charge in [0.2, 0.25) is 0 Å². The fourth-order valence-corrected chi connectivity index (χ4v) is 1.91. The minimum Gasteiger partial charge on any atom is -0.507 e. The van der Waals surface area contributed by atoms with Gasteiger partial charge in [-0.1, -0.05) is 18.2 Å². The summed E-state index contributed by atoms with van der Waals surface area (Å²) in [5.74, 6) is -0.0333. The highest BCUT2D eigenvalue weighted by molar-refractivity contribution is 6.04. The second-order valence-corrected chi connectivity index (χ2v) is 4.99. The molecule has 0 aliphatic carbocycles. The second-order valence-electron chi connectivity index (χ2n) is 4.99. The molecule has 1 aromatic heterocycles. The maximum atomic E-state index is 11.9. The van der Waals surface area contributed by atoms with Gasteiger partial charge in [0.15, 0.2) is 5.78 Å². The van der Waals surface area contributed by atoms with E-state index in [1.165, 1.54) is 12.2 Å². The molecule has 22 heavy (non-hydrogen) atoms. The van der Waals surface area contributed by atoms with Gasteiger partial charge in [-0.05, 0) is 51.1 Å². The molecular weight excluding hydrogens is 276 g/mol. The molecule has 0 saturated heterocycles. The van der Waals surface area contributed by atoms with E-state index in [0.717, 1.165) is 17.1 Å². The normalized spacial score (nSPS) is 11.4. The SMILES string of the molecule is Cc1nc(C)c(/C=C/C(=O)/C=C/c2ccccc2O)nc1C. The number of phenols is 1. The standard InChI is InChI=1S/C18H18N2O2/c1-12-13(2)20-17(14(3)19-12)11-10-16(21)9-8-15-6-4-5-7-18(15)22/h4-11,22H,1-3H3/b9-8+,11-10+. The van der Waals surface area contributed by atoms with E-state index in [9.17, 15) is 9.90 Å². The molecule has 0 aliphatic heterocycles. The van der Waals surface area contributed by atoms with E-state index in [1.807, 2.05) is 20.8 Å². The number of hydrogen-bond acceptors (Lipinski definition) is 4. The number of phenolic OH excluding ortho intramolecular Hbond substituents is 1. The second kappa shape index (κ2) is 6.80. The summed E-state index contributed by atoms with van der Waals surface area (Å²) >= 11 is 0. The van der Waals surface area contributed by atoms with Crippen molar-refractivity contribution in [3.05, 3.63) is 64.8 Å². The van der Waals surface area contributed by atoms with Gasteiger partial charge in [-0.2, -0.15) is 0 Å². The molecule has 2 rings (SSSR count). The lowest BCUT2D eigenvalue weighted by Crippen LogP contribution is -1.99. The number of aromatic nitrogens is 2. The smallest absolute Gasteiger partial charge is 0.178 e. The molecule has 0 saturated carbocycles. The summed E-state index contributed by atoms with van der Waals surface area (Å²) in [7, 11) is 0. The molecule has 0 spiro atoms. The zero-order valence-electron chi connectivity index (χ0n) is 12.9. The molecule has 0 bridgehead atoms. The van der Waals surface area contributed by atoms with Crippen molar-refractivity contribution in [1.29, 1.82) is 0 Å². The maximum absolute atomic E-state index is 11.9. The zero-order chi connectivity index (χ0) is 16.1. The Hall–Kier alpha value is -2.75. The van der Waals surface area contributed by atoms with Crippen molar-refractivity contribution in [3.8, 4) is 5.75 Å². The van der Waals surface area contributed by atoms with Crippen molar-refractivity contribution >= 4 is 17.9 Å². The van der Waals surface area contributed by atoms with Crippen LogP contribution in [0.5, 0.6) is 5.75 Å². The van der Waals surface area contributed by atoms with Crippen LogP contribution in [-0.4, -0.2) is 20.9 Å². The minimum atomic E-state index is -0.178. The number of para-hydroxylation sites is 1. The predicted molar refractivity (Wildman–Crippen MR) is 87.4 cm³/mol. The van der Waals surface area contributed by atoms with Gasteiger partial charge < -0.3 is 5.11 Å². The Morgan fingerprint density at radius 2 is 1.59 bits per heavy atom. The van der Waals surface area contributed by atoms with Crippen molar-refractivity contribution in [2.24, 2.45) is 0 Å². The fourth-order valence-electron chi connectivity index (χ4n) is 1.91. The monoisotopic (exact) mass is 294 g/mol. The molecule has 1 aromatic carbocycles. The number of allylic oxidation sites excluding steroid dienone is 2. The number of carbonyl (C=O) groups excluding carboxylic acids is 1. The molecule has 1 heterocycles. The number of rotatable bonds is 4. The van der Waals surface area contributed by atoms with Gasteiger partial charge in [0.1, 0.15) is 5.75 Å². The maximum Gasteiger partial charge on any atom is 0.178 e. The minimum absolute atomic E-state index is 0.145. The highest BCUT2D eigenvalue weighted by Crippen LogP contribution is 2.17. The summed E-state index contributed by atoms with van der Waals surface area (Å²) < 4.78 is 0. The molecule has 2 aromatic rings. The molecule has 0 amide bonds. The highest BCUT2D eigenvalue weighted by atomic mass is 16.3. The summed E-state index contributed by atoms with van der Waals surface area (Å²) in [6.45, 7) is 5.66. The molecule has 0 aliphatic rings. The van der Waals surface area contributed by atoms with E-state index in [4.69, 9.17) is 0 Å². The van der Waals surface area contributed by atoms with E-state index >= 15 is 0 Å². The Morgan fingerprint density at radius 1 is 0.955 bits per heavy atom. The van der Waals surface area contributed by atoms with Crippen molar-refractivity contribution in [1.82, 2.24) is 9.97 Å². The Morgan fingerprint density at radius 3 is 2.32 bits per heavy atom. The largest absolute Gasteiger partial charge is 0.507 e. The van der Waals surface area contributed by atoms with Gasteiger partial charge in [-0.15, -0.1) is 0 Å². The summed E-state index contributed by atoms with van der Waals surface area (Å²) in [5.41, 5.74) is 3.82. The van der Waals surface area contributed by atoms with E-state index in [1.54, 1.807) is 36.4 Å². The van der Waals surface area contributed by atoms with Gasteiger partial charge in [0, 0.05) is 5.56 Å². The van der Waals surface area contributed by atoms with E-state index in [-0.39, 0.29) is 11.5 Å². The zero-order valence-corrected chi connectivity index (χ0v) is 12.9. The van der Waals surface area contributed by atoms with Gasteiger partial charge in [-0.25, -0.2) is 4.98 Å². The predicted octanol–water partition coefficient (Wildman–Crippen LogP) is 3.40. The Kier molecular flexibility index (Phi) is 4.84. The molecular formula is C18H18N2O2. The number of carbonyl (C=O) groups is 1. The van der Waals surface area contributed by atoms with Gasteiger partial charge in [0.25, 0.3) is 0 Å². The Balaban J connectivity index is 2.12. The lowest BCUT2D eigenvalue weighted by atomic mass is 10.1. The van der Waals surface area contributed by atoms with Crippen LogP contribution in [0, 0.1) is 20.8 Å². The van der Waals surface area contributed by atoms with Crippen LogP contribution in [-0.2, 0) is 4.79 Å². The number of aromatic hydroxyl groups is 1. The molecule has 4 nitrogen and oxygen atoms in total. The first kappa shape index (κ1) is 15.6. The van der Waals surface area contributed by atoms with E-state index in [2.05, 4.69) is 9.97 Å². The van der Waals surface area contributed by atoms with Gasteiger partial charge in [-0.3, -0.25) is 9.78 Å². The van der Waals surface area contributed by atoms with Crippen molar-refractivity contribution in [2.75, 3.05) is 0 Å². The van der Waals surface area contributed by atoms with Crippen LogP contribution < -0.4 is 0 Å². The molecule has 4 heteroatoms. The summed E-state index contributed by atoms with van der Waals surface area (Å²) in [6, 6.07) is 6.85. The summed E-state index contributed by atoms with van der Waals surface area (Å²) in [4.78, 5) is 20.7. The molecule has 1 N–H and O–H groups in total. The molecule has 112 valence electrons. The number of nitrogens with zero attached hydrogens (tertiary/aromatic N) is 2.